The standard InChI is InChI=1S/C21H26N8O2/c30-19(23-12-16-4-3-11-31-16)14-29-21-17(13-26-29)20(24-15-25-21)28-9-7-27(8-10-28)18-5-1-2-6-22-18/h1-2,5-6,13,15-16H,3-4,7-12,14H2,(H,23,30). The quantitative estimate of drug-likeness (QED) is 0.624. The molecule has 162 valence electrons. The normalized spacial score (nSPS) is 19.2. The summed E-state index contributed by atoms with van der Waals surface area (Å²) in [4.78, 5) is 30.2. The second-order valence-electron chi connectivity index (χ2n) is 7.84. The first-order valence-corrected chi connectivity index (χ1v) is 10.7. The zero-order valence-corrected chi connectivity index (χ0v) is 17.4. The highest BCUT2D eigenvalue weighted by molar-refractivity contribution is 5.88. The van der Waals surface area contributed by atoms with E-state index >= 15 is 0 Å². The van der Waals surface area contributed by atoms with E-state index in [0.29, 0.717) is 12.2 Å². The average Bonchev–Trinajstić information content (AvgIpc) is 3.49. The number of rotatable bonds is 6. The number of carbonyl (C=O) groups excluding carboxylic acids is 1. The third-order valence-electron chi connectivity index (χ3n) is 5.81. The first-order chi connectivity index (χ1) is 15.3. The van der Waals surface area contributed by atoms with Gasteiger partial charge in [0.15, 0.2) is 5.65 Å². The molecule has 0 radical (unpaired) electrons. The smallest absolute Gasteiger partial charge is 0.241 e. The molecule has 5 heterocycles. The minimum absolute atomic E-state index is 0.0929. The monoisotopic (exact) mass is 422 g/mol. The highest BCUT2D eigenvalue weighted by Crippen LogP contribution is 2.24. The molecule has 0 bridgehead atoms. The van der Waals surface area contributed by atoms with Gasteiger partial charge in [0, 0.05) is 45.5 Å². The fraction of sp³-hybridized carbons (Fsp3) is 0.476. The zero-order valence-electron chi connectivity index (χ0n) is 17.4. The average molecular weight is 422 g/mol. The van der Waals surface area contributed by atoms with Gasteiger partial charge in [-0.3, -0.25) is 4.79 Å². The summed E-state index contributed by atoms with van der Waals surface area (Å²) < 4.78 is 7.19. The van der Waals surface area contributed by atoms with E-state index in [1.807, 2.05) is 24.4 Å². The van der Waals surface area contributed by atoms with Crippen LogP contribution >= 0.6 is 0 Å². The molecule has 3 aromatic rings. The maximum absolute atomic E-state index is 12.4. The molecule has 10 nitrogen and oxygen atoms in total. The van der Waals surface area contributed by atoms with Gasteiger partial charge in [-0.1, -0.05) is 6.07 Å². The number of nitrogens with one attached hydrogen (secondary N) is 1. The first kappa shape index (κ1) is 19.7. The summed E-state index contributed by atoms with van der Waals surface area (Å²) in [5, 5.41) is 8.21. The number of anilines is 2. The summed E-state index contributed by atoms with van der Waals surface area (Å²) in [6.45, 7) is 4.83. The summed E-state index contributed by atoms with van der Waals surface area (Å²) >= 11 is 0. The van der Waals surface area contributed by atoms with Gasteiger partial charge in [0.2, 0.25) is 5.91 Å². The predicted molar refractivity (Wildman–Crippen MR) is 116 cm³/mol. The first-order valence-electron chi connectivity index (χ1n) is 10.7. The number of piperazine rings is 1. The molecule has 1 amide bonds. The molecule has 5 rings (SSSR count). The van der Waals surface area contributed by atoms with Gasteiger partial charge in [-0.25, -0.2) is 19.6 Å². The van der Waals surface area contributed by atoms with Gasteiger partial charge >= 0.3 is 0 Å². The van der Waals surface area contributed by atoms with E-state index in [1.165, 1.54) is 0 Å². The van der Waals surface area contributed by atoms with Gasteiger partial charge < -0.3 is 19.9 Å². The van der Waals surface area contributed by atoms with Gasteiger partial charge in [0.25, 0.3) is 0 Å². The van der Waals surface area contributed by atoms with E-state index in [2.05, 4.69) is 35.2 Å². The van der Waals surface area contributed by atoms with Crippen LogP contribution in [-0.2, 0) is 16.1 Å². The molecule has 0 aromatic carbocycles. The molecule has 1 N–H and O–H groups in total. The van der Waals surface area contributed by atoms with E-state index in [9.17, 15) is 4.79 Å². The molecule has 0 spiro atoms. The largest absolute Gasteiger partial charge is 0.376 e. The van der Waals surface area contributed by atoms with Crippen molar-refractivity contribution in [3.05, 3.63) is 36.9 Å². The maximum Gasteiger partial charge on any atom is 0.241 e. The van der Waals surface area contributed by atoms with Gasteiger partial charge in [-0.05, 0) is 25.0 Å². The second-order valence-corrected chi connectivity index (χ2v) is 7.84. The number of nitrogens with zero attached hydrogens (tertiary/aromatic N) is 7. The van der Waals surface area contributed by atoms with Crippen molar-refractivity contribution >= 4 is 28.6 Å². The molecular weight excluding hydrogens is 396 g/mol. The van der Waals surface area contributed by atoms with Crippen molar-refractivity contribution in [2.45, 2.75) is 25.5 Å². The van der Waals surface area contributed by atoms with Crippen molar-refractivity contribution in [3.63, 3.8) is 0 Å². The number of amides is 1. The Morgan fingerprint density at radius 1 is 1.13 bits per heavy atom. The van der Waals surface area contributed by atoms with Crippen LogP contribution in [0.25, 0.3) is 11.0 Å². The summed E-state index contributed by atoms with van der Waals surface area (Å²) in [5.41, 5.74) is 0.671. The topological polar surface area (TPSA) is 101 Å². The molecule has 3 aromatic heterocycles. The summed E-state index contributed by atoms with van der Waals surface area (Å²) in [6, 6.07) is 5.97. The molecule has 1 unspecified atom stereocenters. The number of fused-ring (bicyclic) bond motifs is 1. The third-order valence-corrected chi connectivity index (χ3v) is 5.81. The number of aromatic nitrogens is 5. The Morgan fingerprint density at radius 2 is 2.00 bits per heavy atom. The highest BCUT2D eigenvalue weighted by Gasteiger charge is 2.22. The fourth-order valence-electron chi connectivity index (χ4n) is 4.16. The predicted octanol–water partition coefficient (Wildman–Crippen LogP) is 0.843. The molecule has 2 fully saturated rings. The zero-order chi connectivity index (χ0) is 21.0. The van der Waals surface area contributed by atoms with Crippen molar-refractivity contribution in [1.82, 2.24) is 30.0 Å². The van der Waals surface area contributed by atoms with E-state index in [1.54, 1.807) is 17.2 Å². The molecule has 2 saturated heterocycles. The number of hydrogen-bond donors (Lipinski definition) is 1. The van der Waals surface area contributed by atoms with Crippen LogP contribution in [0.2, 0.25) is 0 Å². The molecule has 2 aliphatic heterocycles. The van der Waals surface area contributed by atoms with Crippen LogP contribution in [0, 0.1) is 0 Å². The van der Waals surface area contributed by atoms with E-state index in [-0.39, 0.29) is 18.6 Å². The van der Waals surface area contributed by atoms with Crippen LogP contribution in [-0.4, -0.2) is 76.1 Å². The minimum atomic E-state index is -0.0929. The second kappa shape index (κ2) is 8.84. The number of ether oxygens (including phenoxy) is 1. The Labute approximate surface area is 180 Å². The van der Waals surface area contributed by atoms with E-state index in [4.69, 9.17) is 4.74 Å². The fourth-order valence-corrected chi connectivity index (χ4v) is 4.16. The minimum Gasteiger partial charge on any atom is -0.376 e. The summed E-state index contributed by atoms with van der Waals surface area (Å²) in [5.74, 6) is 1.76. The van der Waals surface area contributed by atoms with E-state index in [0.717, 1.165) is 62.6 Å². The van der Waals surface area contributed by atoms with Crippen LogP contribution in [0.4, 0.5) is 11.6 Å². The maximum atomic E-state index is 12.4. The van der Waals surface area contributed by atoms with Gasteiger partial charge in [-0.2, -0.15) is 5.10 Å². The van der Waals surface area contributed by atoms with Gasteiger partial charge in [0.05, 0.1) is 17.7 Å². The lowest BCUT2D eigenvalue weighted by Crippen LogP contribution is -2.47. The Kier molecular flexibility index (Phi) is 5.61. The van der Waals surface area contributed by atoms with Crippen LogP contribution in [0.15, 0.2) is 36.9 Å². The van der Waals surface area contributed by atoms with Crippen molar-refractivity contribution in [2.75, 3.05) is 49.1 Å². The van der Waals surface area contributed by atoms with Crippen LogP contribution < -0.4 is 15.1 Å². The van der Waals surface area contributed by atoms with Gasteiger partial charge in [-0.15, -0.1) is 0 Å². The van der Waals surface area contributed by atoms with Crippen molar-refractivity contribution in [1.29, 1.82) is 0 Å². The number of carbonyl (C=O) groups is 1. The molecule has 0 saturated carbocycles. The Balaban J connectivity index is 1.25. The van der Waals surface area contributed by atoms with Crippen LogP contribution in [0.5, 0.6) is 0 Å². The summed E-state index contributed by atoms with van der Waals surface area (Å²) in [6.07, 6.45) is 7.29. The lowest BCUT2D eigenvalue weighted by atomic mass is 10.2. The molecular formula is C21H26N8O2. The third kappa shape index (κ3) is 4.29. The molecule has 31 heavy (non-hydrogen) atoms. The van der Waals surface area contributed by atoms with Crippen molar-refractivity contribution in [2.24, 2.45) is 0 Å². The van der Waals surface area contributed by atoms with Crippen LogP contribution in [0.1, 0.15) is 12.8 Å². The molecule has 2 aliphatic rings. The van der Waals surface area contributed by atoms with Crippen molar-refractivity contribution < 1.29 is 9.53 Å². The Hall–Kier alpha value is -3.27. The molecule has 0 aliphatic carbocycles. The molecule has 10 heteroatoms. The van der Waals surface area contributed by atoms with Crippen molar-refractivity contribution in [3.8, 4) is 0 Å². The molecule has 1 atom stereocenters. The Bertz CT molecular complexity index is 1030. The summed E-state index contributed by atoms with van der Waals surface area (Å²) in [7, 11) is 0. The van der Waals surface area contributed by atoms with Gasteiger partial charge in [0.1, 0.15) is 24.5 Å². The Morgan fingerprint density at radius 3 is 2.77 bits per heavy atom. The number of hydrogen-bond acceptors (Lipinski definition) is 8. The lowest BCUT2D eigenvalue weighted by molar-refractivity contribution is -0.122. The SMILES string of the molecule is O=C(Cn1ncc2c(N3CCN(c4ccccn4)CC3)ncnc21)NCC1CCCO1. The van der Waals surface area contributed by atoms with Crippen LogP contribution in [0.3, 0.4) is 0 Å². The highest BCUT2D eigenvalue weighted by atomic mass is 16.5. The lowest BCUT2D eigenvalue weighted by Gasteiger charge is -2.36. The number of pyridine rings is 1. The van der Waals surface area contributed by atoms with E-state index < -0.39 is 0 Å².